The van der Waals surface area contributed by atoms with Gasteiger partial charge in [-0.2, -0.15) is 0 Å². The van der Waals surface area contributed by atoms with Gasteiger partial charge in [-0.3, -0.25) is 14.7 Å². The predicted molar refractivity (Wildman–Crippen MR) is 80.1 cm³/mol. The normalized spacial score (nSPS) is 17.3. The van der Waals surface area contributed by atoms with Crippen LogP contribution in [-0.4, -0.2) is 46.9 Å². The van der Waals surface area contributed by atoms with Crippen molar-refractivity contribution in [3.8, 4) is 0 Å². The lowest BCUT2D eigenvalue weighted by Crippen LogP contribution is -2.48. The zero-order valence-corrected chi connectivity index (χ0v) is 12.4. The topological polar surface area (TPSA) is 36.4 Å². The van der Waals surface area contributed by atoms with Gasteiger partial charge in [0.15, 0.2) is 0 Å². The largest absolute Gasteiger partial charge is 0.336 e. The van der Waals surface area contributed by atoms with Gasteiger partial charge >= 0.3 is 0 Å². The van der Waals surface area contributed by atoms with Crippen LogP contribution in [0.1, 0.15) is 26.0 Å². The number of hydrogen-bond donors (Lipinski definition) is 0. The third kappa shape index (κ3) is 3.90. The number of amides is 1. The summed E-state index contributed by atoms with van der Waals surface area (Å²) in [6, 6.07) is 6.00. The molecule has 0 N–H and O–H groups in total. The van der Waals surface area contributed by atoms with Crippen LogP contribution in [0.4, 0.5) is 0 Å². The number of allylic oxidation sites excluding steroid dienone is 1. The zero-order valence-electron chi connectivity index (χ0n) is 12.4. The second kappa shape index (κ2) is 7.20. The molecule has 1 aromatic rings. The standard InChI is InChI=1S/C16H23N3O/c1-3-6-14(2)16(20)19-11-9-18(10-12-19)13-15-7-4-5-8-17-15/h4-8H,3,9-13H2,1-2H3. The fourth-order valence-corrected chi connectivity index (χ4v) is 2.47. The number of carbonyl (C=O) groups is 1. The molecule has 0 aromatic carbocycles. The quantitative estimate of drug-likeness (QED) is 0.788. The van der Waals surface area contributed by atoms with E-state index in [1.54, 1.807) is 0 Å². The number of piperazine rings is 1. The van der Waals surface area contributed by atoms with E-state index < -0.39 is 0 Å². The first-order chi connectivity index (χ1) is 9.70. The molecule has 0 aliphatic carbocycles. The first kappa shape index (κ1) is 14.7. The smallest absolute Gasteiger partial charge is 0.249 e. The third-order valence-electron chi connectivity index (χ3n) is 3.62. The van der Waals surface area contributed by atoms with Crippen molar-refractivity contribution in [2.75, 3.05) is 26.2 Å². The maximum Gasteiger partial charge on any atom is 0.249 e. The van der Waals surface area contributed by atoms with Gasteiger partial charge in [0, 0.05) is 44.5 Å². The number of pyridine rings is 1. The molecule has 1 fully saturated rings. The van der Waals surface area contributed by atoms with Crippen LogP contribution in [-0.2, 0) is 11.3 Å². The van der Waals surface area contributed by atoms with Crippen molar-refractivity contribution >= 4 is 5.91 Å². The van der Waals surface area contributed by atoms with E-state index in [0.29, 0.717) is 0 Å². The highest BCUT2D eigenvalue weighted by molar-refractivity contribution is 5.92. The predicted octanol–water partition coefficient (Wildman–Crippen LogP) is 2.08. The van der Waals surface area contributed by atoms with Crippen LogP contribution >= 0.6 is 0 Å². The number of nitrogens with zero attached hydrogens (tertiary/aromatic N) is 3. The maximum absolute atomic E-state index is 12.2. The second-order valence-electron chi connectivity index (χ2n) is 5.18. The average Bonchev–Trinajstić information content (AvgIpc) is 2.48. The highest BCUT2D eigenvalue weighted by atomic mass is 16.2. The Kier molecular flexibility index (Phi) is 5.30. The first-order valence-corrected chi connectivity index (χ1v) is 7.29. The fraction of sp³-hybridized carbons (Fsp3) is 0.500. The van der Waals surface area contributed by atoms with Crippen molar-refractivity contribution in [3.63, 3.8) is 0 Å². The summed E-state index contributed by atoms with van der Waals surface area (Å²) in [4.78, 5) is 20.8. The molecular formula is C16H23N3O. The summed E-state index contributed by atoms with van der Waals surface area (Å²) < 4.78 is 0. The highest BCUT2D eigenvalue weighted by Gasteiger charge is 2.21. The van der Waals surface area contributed by atoms with E-state index in [1.807, 2.05) is 42.3 Å². The summed E-state index contributed by atoms with van der Waals surface area (Å²) in [5, 5.41) is 0. The summed E-state index contributed by atoms with van der Waals surface area (Å²) in [6.45, 7) is 8.28. The minimum absolute atomic E-state index is 0.185. The van der Waals surface area contributed by atoms with Gasteiger partial charge in [-0.1, -0.05) is 19.1 Å². The van der Waals surface area contributed by atoms with Crippen molar-refractivity contribution < 1.29 is 4.79 Å². The molecule has 1 amide bonds. The van der Waals surface area contributed by atoms with Crippen LogP contribution in [0.5, 0.6) is 0 Å². The average molecular weight is 273 g/mol. The van der Waals surface area contributed by atoms with Gasteiger partial charge in [-0.15, -0.1) is 0 Å². The molecule has 0 unspecified atom stereocenters. The summed E-state index contributed by atoms with van der Waals surface area (Å²) in [5.74, 6) is 0.185. The molecule has 4 nitrogen and oxygen atoms in total. The molecule has 4 heteroatoms. The lowest BCUT2D eigenvalue weighted by Gasteiger charge is -2.34. The third-order valence-corrected chi connectivity index (χ3v) is 3.62. The molecule has 1 aromatic heterocycles. The summed E-state index contributed by atoms with van der Waals surface area (Å²) >= 11 is 0. The lowest BCUT2D eigenvalue weighted by atomic mass is 10.2. The number of aromatic nitrogens is 1. The van der Waals surface area contributed by atoms with E-state index in [0.717, 1.165) is 50.4 Å². The summed E-state index contributed by atoms with van der Waals surface area (Å²) in [6.07, 6.45) is 4.74. The molecule has 1 aliphatic heterocycles. The van der Waals surface area contributed by atoms with Gasteiger partial charge in [-0.25, -0.2) is 0 Å². The minimum Gasteiger partial charge on any atom is -0.336 e. The molecule has 0 radical (unpaired) electrons. The van der Waals surface area contributed by atoms with Gasteiger partial charge in [0.05, 0.1) is 5.69 Å². The number of carbonyl (C=O) groups excluding carboxylic acids is 1. The Labute approximate surface area is 121 Å². The molecule has 1 saturated heterocycles. The lowest BCUT2D eigenvalue weighted by molar-refractivity contribution is -0.128. The van der Waals surface area contributed by atoms with Gasteiger partial charge in [0.25, 0.3) is 0 Å². The maximum atomic E-state index is 12.2. The molecule has 1 aliphatic rings. The van der Waals surface area contributed by atoms with Crippen LogP contribution in [0.2, 0.25) is 0 Å². The molecular weight excluding hydrogens is 250 g/mol. The van der Waals surface area contributed by atoms with Gasteiger partial charge < -0.3 is 4.90 Å². The van der Waals surface area contributed by atoms with E-state index in [2.05, 4.69) is 16.8 Å². The Hall–Kier alpha value is -1.68. The van der Waals surface area contributed by atoms with Gasteiger partial charge in [0.1, 0.15) is 0 Å². The van der Waals surface area contributed by atoms with Crippen molar-refractivity contribution in [2.24, 2.45) is 0 Å². The molecule has 0 atom stereocenters. The molecule has 2 rings (SSSR count). The van der Waals surface area contributed by atoms with E-state index >= 15 is 0 Å². The Bertz CT molecular complexity index is 462. The SMILES string of the molecule is CCC=C(C)C(=O)N1CCN(Cc2ccccn2)CC1. The number of rotatable bonds is 4. The Morgan fingerprint density at radius 2 is 2.05 bits per heavy atom. The van der Waals surface area contributed by atoms with Gasteiger partial charge in [0.2, 0.25) is 5.91 Å². The second-order valence-corrected chi connectivity index (χ2v) is 5.18. The zero-order chi connectivity index (χ0) is 14.4. The molecule has 108 valence electrons. The minimum atomic E-state index is 0.185. The Morgan fingerprint density at radius 1 is 1.30 bits per heavy atom. The van der Waals surface area contributed by atoms with Crippen LogP contribution in [0.3, 0.4) is 0 Å². The van der Waals surface area contributed by atoms with Crippen LogP contribution < -0.4 is 0 Å². The van der Waals surface area contributed by atoms with Crippen LogP contribution in [0.25, 0.3) is 0 Å². The fourth-order valence-electron chi connectivity index (χ4n) is 2.47. The highest BCUT2D eigenvalue weighted by Crippen LogP contribution is 2.10. The molecule has 20 heavy (non-hydrogen) atoms. The Balaban J connectivity index is 1.83. The molecule has 0 spiro atoms. The van der Waals surface area contributed by atoms with Crippen molar-refractivity contribution in [3.05, 3.63) is 41.7 Å². The Morgan fingerprint density at radius 3 is 2.65 bits per heavy atom. The van der Waals surface area contributed by atoms with Gasteiger partial charge in [-0.05, 0) is 25.5 Å². The van der Waals surface area contributed by atoms with E-state index in [9.17, 15) is 4.79 Å². The first-order valence-electron chi connectivity index (χ1n) is 7.29. The van der Waals surface area contributed by atoms with E-state index in [1.165, 1.54) is 0 Å². The van der Waals surface area contributed by atoms with Crippen LogP contribution in [0, 0.1) is 0 Å². The van der Waals surface area contributed by atoms with Crippen molar-refractivity contribution in [2.45, 2.75) is 26.8 Å². The monoisotopic (exact) mass is 273 g/mol. The molecule has 0 bridgehead atoms. The number of hydrogen-bond acceptors (Lipinski definition) is 3. The van der Waals surface area contributed by atoms with E-state index in [-0.39, 0.29) is 5.91 Å². The summed E-state index contributed by atoms with van der Waals surface area (Å²) in [5.41, 5.74) is 1.96. The van der Waals surface area contributed by atoms with Crippen molar-refractivity contribution in [1.82, 2.24) is 14.8 Å². The molecule has 2 heterocycles. The van der Waals surface area contributed by atoms with Crippen LogP contribution in [0.15, 0.2) is 36.0 Å². The van der Waals surface area contributed by atoms with E-state index in [4.69, 9.17) is 0 Å². The van der Waals surface area contributed by atoms with Crippen molar-refractivity contribution in [1.29, 1.82) is 0 Å². The molecule has 0 saturated carbocycles. The summed E-state index contributed by atoms with van der Waals surface area (Å²) in [7, 11) is 0.